The fourth-order valence-corrected chi connectivity index (χ4v) is 3.02. The molecule has 0 aliphatic heterocycles. The van der Waals surface area contributed by atoms with Crippen molar-refractivity contribution in [2.24, 2.45) is 0 Å². The van der Waals surface area contributed by atoms with Crippen molar-refractivity contribution in [3.63, 3.8) is 0 Å². The summed E-state index contributed by atoms with van der Waals surface area (Å²) < 4.78 is 35.7. The maximum Gasteiger partial charge on any atom is 0.251 e. The van der Waals surface area contributed by atoms with Crippen molar-refractivity contribution in [1.29, 1.82) is 0 Å². The molecule has 26 heavy (non-hydrogen) atoms. The highest BCUT2D eigenvalue weighted by Crippen LogP contribution is 2.18. The first-order valence-corrected chi connectivity index (χ1v) is 9.36. The Balaban J connectivity index is 1.83. The summed E-state index contributed by atoms with van der Waals surface area (Å²) in [5.74, 6) is 0.917. The van der Waals surface area contributed by atoms with Crippen molar-refractivity contribution in [1.82, 2.24) is 9.62 Å². The second-order valence-corrected chi connectivity index (χ2v) is 7.75. The average Bonchev–Trinajstić information content (AvgIpc) is 2.65. The lowest BCUT2D eigenvalue weighted by Crippen LogP contribution is -2.28. The number of hydrogen-bond acceptors (Lipinski definition) is 5. The molecule has 0 aromatic heterocycles. The van der Waals surface area contributed by atoms with Gasteiger partial charge in [-0.1, -0.05) is 6.07 Å². The minimum absolute atomic E-state index is 0.196. The van der Waals surface area contributed by atoms with E-state index in [1.165, 1.54) is 26.2 Å². The Bertz CT molecular complexity index is 848. The molecule has 140 valence electrons. The van der Waals surface area contributed by atoms with E-state index in [2.05, 4.69) is 5.32 Å². The van der Waals surface area contributed by atoms with Crippen LogP contribution in [0.1, 0.15) is 10.4 Å². The molecule has 2 aromatic rings. The lowest BCUT2D eigenvalue weighted by Gasteiger charge is -2.12. The molecule has 8 heteroatoms. The number of amides is 1. The Morgan fingerprint density at radius 2 is 1.77 bits per heavy atom. The summed E-state index contributed by atoms with van der Waals surface area (Å²) in [6, 6.07) is 13.0. The lowest BCUT2D eigenvalue weighted by molar-refractivity contribution is 0.0946. The highest BCUT2D eigenvalue weighted by Gasteiger charge is 2.16. The molecule has 0 radical (unpaired) electrons. The van der Waals surface area contributed by atoms with Gasteiger partial charge in [-0.25, -0.2) is 12.7 Å². The van der Waals surface area contributed by atoms with Crippen LogP contribution in [0.5, 0.6) is 11.5 Å². The van der Waals surface area contributed by atoms with Gasteiger partial charge in [0.1, 0.15) is 18.1 Å². The Labute approximate surface area is 153 Å². The van der Waals surface area contributed by atoms with Crippen LogP contribution in [0.25, 0.3) is 0 Å². The molecule has 0 atom stereocenters. The van der Waals surface area contributed by atoms with Gasteiger partial charge in [-0.2, -0.15) is 0 Å². The summed E-state index contributed by atoms with van der Waals surface area (Å²) in [5, 5.41) is 2.75. The Kier molecular flexibility index (Phi) is 6.59. The molecule has 0 fully saturated rings. The van der Waals surface area contributed by atoms with Gasteiger partial charge in [0.15, 0.2) is 0 Å². The van der Waals surface area contributed by atoms with E-state index in [-0.39, 0.29) is 17.4 Å². The molecule has 0 unspecified atom stereocenters. The number of carbonyl (C=O) groups is 1. The van der Waals surface area contributed by atoms with E-state index >= 15 is 0 Å². The molecule has 7 nitrogen and oxygen atoms in total. The van der Waals surface area contributed by atoms with Crippen molar-refractivity contribution in [2.75, 3.05) is 34.4 Å². The summed E-state index contributed by atoms with van der Waals surface area (Å²) in [5.41, 5.74) is 0.502. The highest BCUT2D eigenvalue weighted by atomic mass is 32.2. The predicted octanol–water partition coefficient (Wildman–Crippen LogP) is 1.75. The molecule has 1 N–H and O–H groups in total. The van der Waals surface area contributed by atoms with Crippen molar-refractivity contribution in [3.05, 3.63) is 54.1 Å². The summed E-state index contributed by atoms with van der Waals surface area (Å²) in [6.07, 6.45) is 0. The number of sulfonamides is 1. The monoisotopic (exact) mass is 378 g/mol. The molecule has 0 aliphatic rings. The number of carbonyl (C=O) groups excluding carboxylic acids is 1. The van der Waals surface area contributed by atoms with E-state index in [0.717, 1.165) is 4.31 Å². The van der Waals surface area contributed by atoms with Crippen LogP contribution in [-0.4, -0.2) is 53.0 Å². The molecule has 0 heterocycles. The third-order valence-corrected chi connectivity index (χ3v) is 5.42. The Morgan fingerprint density at radius 3 is 2.38 bits per heavy atom. The first kappa shape index (κ1) is 19.7. The van der Waals surface area contributed by atoms with Crippen molar-refractivity contribution in [2.45, 2.75) is 4.90 Å². The smallest absolute Gasteiger partial charge is 0.251 e. The van der Waals surface area contributed by atoms with Crippen LogP contribution in [0, 0.1) is 0 Å². The first-order chi connectivity index (χ1) is 12.3. The lowest BCUT2D eigenvalue weighted by atomic mass is 10.2. The topological polar surface area (TPSA) is 84.9 Å². The molecule has 2 aromatic carbocycles. The van der Waals surface area contributed by atoms with Gasteiger partial charge in [-0.05, 0) is 42.5 Å². The quantitative estimate of drug-likeness (QED) is 0.708. The van der Waals surface area contributed by atoms with E-state index < -0.39 is 10.0 Å². The third kappa shape index (κ3) is 4.96. The summed E-state index contributed by atoms with van der Waals surface area (Å²) in [4.78, 5) is 12.2. The van der Waals surface area contributed by atoms with Crippen molar-refractivity contribution in [3.8, 4) is 11.5 Å². The van der Waals surface area contributed by atoms with Crippen LogP contribution in [0.2, 0.25) is 0 Å². The Hall–Kier alpha value is -2.58. The number of rotatable bonds is 8. The standard InChI is InChI=1S/C18H22N2O5S/c1-20(2)26(22,23)17-9-7-15(8-10-17)25-12-11-19-18(21)14-5-4-6-16(13-14)24-3/h4-10,13H,11-12H2,1-3H3,(H,19,21). The third-order valence-electron chi connectivity index (χ3n) is 3.59. The molecular formula is C18H22N2O5S. The van der Waals surface area contributed by atoms with Crippen LogP contribution in [0.4, 0.5) is 0 Å². The minimum atomic E-state index is -3.46. The molecule has 0 aliphatic carbocycles. The maximum absolute atomic E-state index is 12.0. The van der Waals surface area contributed by atoms with Gasteiger partial charge in [0.25, 0.3) is 5.91 Å². The fourth-order valence-electron chi connectivity index (χ4n) is 2.12. The number of ether oxygens (including phenoxy) is 2. The van der Waals surface area contributed by atoms with Crippen molar-refractivity contribution < 1.29 is 22.7 Å². The first-order valence-electron chi connectivity index (χ1n) is 7.92. The fraction of sp³-hybridized carbons (Fsp3) is 0.278. The largest absolute Gasteiger partial charge is 0.497 e. The van der Waals surface area contributed by atoms with Crippen LogP contribution < -0.4 is 14.8 Å². The molecular weight excluding hydrogens is 356 g/mol. The van der Waals surface area contributed by atoms with Gasteiger partial charge >= 0.3 is 0 Å². The van der Waals surface area contributed by atoms with Crippen molar-refractivity contribution >= 4 is 15.9 Å². The van der Waals surface area contributed by atoms with Gasteiger partial charge in [-0.15, -0.1) is 0 Å². The van der Waals surface area contributed by atoms with E-state index in [0.29, 0.717) is 23.6 Å². The number of nitrogens with one attached hydrogen (secondary N) is 1. The van der Waals surface area contributed by atoms with Gasteiger partial charge < -0.3 is 14.8 Å². The number of nitrogens with zero attached hydrogens (tertiary/aromatic N) is 1. The maximum atomic E-state index is 12.0. The second-order valence-electron chi connectivity index (χ2n) is 5.60. The van der Waals surface area contributed by atoms with Crippen LogP contribution in [0.15, 0.2) is 53.4 Å². The van der Waals surface area contributed by atoms with Gasteiger partial charge in [0.05, 0.1) is 18.6 Å². The molecule has 0 saturated carbocycles. The zero-order chi connectivity index (χ0) is 19.2. The molecule has 0 bridgehead atoms. The molecule has 0 spiro atoms. The van der Waals surface area contributed by atoms with Gasteiger partial charge in [0.2, 0.25) is 10.0 Å². The van der Waals surface area contributed by atoms with Gasteiger partial charge in [-0.3, -0.25) is 4.79 Å². The number of methoxy groups -OCH3 is 1. The van der Waals surface area contributed by atoms with Crippen LogP contribution in [-0.2, 0) is 10.0 Å². The van der Waals surface area contributed by atoms with E-state index in [1.54, 1.807) is 43.5 Å². The highest BCUT2D eigenvalue weighted by molar-refractivity contribution is 7.89. The minimum Gasteiger partial charge on any atom is -0.497 e. The average molecular weight is 378 g/mol. The normalized spacial score (nSPS) is 11.2. The Morgan fingerprint density at radius 1 is 1.08 bits per heavy atom. The number of benzene rings is 2. The summed E-state index contributed by atoms with van der Waals surface area (Å²) in [6.45, 7) is 0.573. The predicted molar refractivity (Wildman–Crippen MR) is 98.1 cm³/mol. The number of hydrogen-bond donors (Lipinski definition) is 1. The second kappa shape index (κ2) is 8.68. The molecule has 0 saturated heterocycles. The van der Waals surface area contributed by atoms with E-state index in [4.69, 9.17) is 9.47 Å². The van der Waals surface area contributed by atoms with Gasteiger partial charge in [0, 0.05) is 19.7 Å². The summed E-state index contributed by atoms with van der Waals surface area (Å²) in [7, 11) is 1.04. The van der Waals surface area contributed by atoms with E-state index in [1.807, 2.05) is 0 Å². The SMILES string of the molecule is COc1cccc(C(=O)NCCOc2ccc(S(=O)(=O)N(C)C)cc2)c1. The molecule has 2 rings (SSSR count). The zero-order valence-electron chi connectivity index (χ0n) is 14.9. The zero-order valence-corrected chi connectivity index (χ0v) is 15.7. The van der Waals surface area contributed by atoms with Crippen LogP contribution >= 0.6 is 0 Å². The summed E-state index contributed by atoms with van der Waals surface area (Å²) >= 11 is 0. The molecule has 1 amide bonds. The van der Waals surface area contributed by atoms with E-state index in [9.17, 15) is 13.2 Å². The van der Waals surface area contributed by atoms with Crippen LogP contribution in [0.3, 0.4) is 0 Å².